The number of rotatable bonds is 4. The summed E-state index contributed by atoms with van der Waals surface area (Å²) in [4.78, 5) is 25.1. The lowest BCUT2D eigenvalue weighted by Gasteiger charge is -2.32. The van der Waals surface area contributed by atoms with Gasteiger partial charge in [-0.1, -0.05) is 12.1 Å². The Morgan fingerprint density at radius 1 is 1.29 bits per heavy atom. The Hall–Kier alpha value is -2.08. The van der Waals surface area contributed by atoms with E-state index in [1.54, 1.807) is 18.2 Å². The number of hydrogen-bond donors (Lipinski definition) is 2. The third kappa shape index (κ3) is 5.85. The predicted octanol–water partition coefficient (Wildman–Crippen LogP) is 2.87. The molecule has 0 atom stereocenters. The van der Waals surface area contributed by atoms with Gasteiger partial charge >= 0.3 is 12.1 Å². The zero-order valence-electron chi connectivity index (χ0n) is 14.5. The van der Waals surface area contributed by atoms with Gasteiger partial charge in [-0.2, -0.15) is 0 Å². The molecule has 1 aliphatic heterocycles. The number of ether oxygens (including phenoxy) is 1. The van der Waals surface area contributed by atoms with E-state index in [4.69, 9.17) is 9.84 Å². The molecule has 0 saturated carbocycles. The van der Waals surface area contributed by atoms with Crippen LogP contribution in [0, 0.1) is 0 Å². The summed E-state index contributed by atoms with van der Waals surface area (Å²) in [6, 6.07) is 7.16. The van der Waals surface area contributed by atoms with Crippen LogP contribution in [0.15, 0.2) is 24.3 Å². The average molecular weight is 334 g/mol. The van der Waals surface area contributed by atoms with Gasteiger partial charge in [-0.25, -0.2) is 9.59 Å². The van der Waals surface area contributed by atoms with E-state index in [-0.39, 0.29) is 12.1 Å². The SMILES string of the molecule is CC(C)(C)OC(=O)NC1CCN(Cc2cccc(C(=O)O)c2)CC1. The normalized spacial score (nSPS) is 16.6. The van der Waals surface area contributed by atoms with Gasteiger partial charge in [0.1, 0.15) is 5.60 Å². The Balaban J connectivity index is 1.80. The van der Waals surface area contributed by atoms with Crippen molar-refractivity contribution in [3.05, 3.63) is 35.4 Å². The van der Waals surface area contributed by atoms with Crippen LogP contribution in [-0.2, 0) is 11.3 Å². The van der Waals surface area contributed by atoms with Crippen LogP contribution in [0.25, 0.3) is 0 Å². The van der Waals surface area contributed by atoms with Crippen LogP contribution in [0.5, 0.6) is 0 Å². The summed E-state index contributed by atoms with van der Waals surface area (Å²) in [7, 11) is 0. The van der Waals surface area contributed by atoms with Gasteiger partial charge in [-0.3, -0.25) is 4.90 Å². The van der Waals surface area contributed by atoms with Crippen molar-refractivity contribution in [2.24, 2.45) is 0 Å². The van der Waals surface area contributed by atoms with Gasteiger partial charge in [-0.05, 0) is 51.3 Å². The Labute approximate surface area is 142 Å². The van der Waals surface area contributed by atoms with Crippen molar-refractivity contribution < 1.29 is 19.4 Å². The van der Waals surface area contributed by atoms with Crippen molar-refractivity contribution in [2.45, 2.75) is 51.8 Å². The highest BCUT2D eigenvalue weighted by atomic mass is 16.6. The largest absolute Gasteiger partial charge is 0.478 e. The second-order valence-corrected chi connectivity index (χ2v) is 7.20. The van der Waals surface area contributed by atoms with Gasteiger partial charge in [0.25, 0.3) is 0 Å². The molecule has 0 spiro atoms. The van der Waals surface area contributed by atoms with E-state index >= 15 is 0 Å². The molecule has 0 aliphatic carbocycles. The fraction of sp³-hybridized carbons (Fsp3) is 0.556. The minimum atomic E-state index is -0.905. The van der Waals surface area contributed by atoms with Crippen LogP contribution < -0.4 is 5.32 Å². The number of carboxylic acid groups (broad SMARTS) is 1. The molecule has 1 aliphatic rings. The maximum atomic E-state index is 11.8. The summed E-state index contributed by atoms with van der Waals surface area (Å²) in [6.45, 7) is 7.98. The smallest absolute Gasteiger partial charge is 0.407 e. The van der Waals surface area contributed by atoms with Gasteiger partial charge in [0, 0.05) is 25.7 Å². The van der Waals surface area contributed by atoms with Gasteiger partial charge < -0.3 is 15.2 Å². The van der Waals surface area contributed by atoms with Crippen LogP contribution in [0.3, 0.4) is 0 Å². The lowest BCUT2D eigenvalue weighted by atomic mass is 10.0. The number of nitrogens with one attached hydrogen (secondary N) is 1. The number of carbonyl (C=O) groups excluding carboxylic acids is 1. The summed E-state index contributed by atoms with van der Waals surface area (Å²) in [5, 5.41) is 12.0. The van der Waals surface area contributed by atoms with Crippen LogP contribution >= 0.6 is 0 Å². The topological polar surface area (TPSA) is 78.9 Å². The highest BCUT2D eigenvalue weighted by molar-refractivity contribution is 5.87. The molecule has 1 saturated heterocycles. The van der Waals surface area contributed by atoms with Crippen LogP contribution in [0.1, 0.15) is 49.5 Å². The number of aromatic carboxylic acids is 1. The highest BCUT2D eigenvalue weighted by Gasteiger charge is 2.23. The Kier molecular flexibility index (Phi) is 5.83. The summed E-state index contributed by atoms with van der Waals surface area (Å²) in [6.07, 6.45) is 1.35. The number of nitrogens with zero attached hydrogens (tertiary/aromatic N) is 1. The Morgan fingerprint density at radius 2 is 1.96 bits per heavy atom. The highest BCUT2D eigenvalue weighted by Crippen LogP contribution is 2.16. The van der Waals surface area contributed by atoms with Crippen molar-refractivity contribution in [3.63, 3.8) is 0 Å². The van der Waals surface area contributed by atoms with Crippen molar-refractivity contribution >= 4 is 12.1 Å². The Bertz CT molecular complexity index is 587. The molecular weight excluding hydrogens is 308 g/mol. The molecule has 2 N–H and O–H groups in total. The number of carbonyl (C=O) groups is 2. The molecule has 6 nitrogen and oxygen atoms in total. The molecule has 24 heavy (non-hydrogen) atoms. The van der Waals surface area contributed by atoms with Gasteiger partial charge in [0.15, 0.2) is 0 Å². The number of alkyl carbamates (subject to hydrolysis) is 1. The second kappa shape index (κ2) is 7.66. The lowest BCUT2D eigenvalue weighted by Crippen LogP contribution is -2.45. The van der Waals surface area contributed by atoms with E-state index in [0.717, 1.165) is 38.0 Å². The minimum absolute atomic E-state index is 0.126. The summed E-state index contributed by atoms with van der Waals surface area (Å²) in [5.41, 5.74) is 0.822. The molecule has 6 heteroatoms. The van der Waals surface area contributed by atoms with Crippen molar-refractivity contribution in [2.75, 3.05) is 13.1 Å². The van der Waals surface area contributed by atoms with E-state index in [9.17, 15) is 9.59 Å². The third-order valence-electron chi connectivity index (χ3n) is 3.89. The molecule has 0 unspecified atom stereocenters. The summed E-state index contributed by atoms with van der Waals surface area (Å²) >= 11 is 0. The van der Waals surface area contributed by atoms with E-state index in [0.29, 0.717) is 5.56 Å². The monoisotopic (exact) mass is 334 g/mol. The van der Waals surface area contributed by atoms with Crippen LogP contribution in [0.2, 0.25) is 0 Å². The number of likely N-dealkylation sites (tertiary alicyclic amines) is 1. The molecule has 0 radical (unpaired) electrons. The first-order chi connectivity index (χ1) is 11.2. The van der Waals surface area contributed by atoms with Crippen LogP contribution in [0.4, 0.5) is 4.79 Å². The minimum Gasteiger partial charge on any atom is -0.478 e. The van der Waals surface area contributed by atoms with Gasteiger partial charge in [0.2, 0.25) is 0 Å². The van der Waals surface area contributed by atoms with Crippen molar-refractivity contribution in [1.29, 1.82) is 0 Å². The van der Waals surface area contributed by atoms with Gasteiger partial charge in [-0.15, -0.1) is 0 Å². The number of piperidine rings is 1. The molecule has 1 aromatic carbocycles. The number of benzene rings is 1. The predicted molar refractivity (Wildman–Crippen MR) is 91.1 cm³/mol. The van der Waals surface area contributed by atoms with Crippen molar-refractivity contribution in [3.8, 4) is 0 Å². The summed E-state index contributed by atoms with van der Waals surface area (Å²) in [5.74, 6) is -0.905. The Morgan fingerprint density at radius 3 is 2.54 bits per heavy atom. The molecule has 0 aromatic heterocycles. The van der Waals surface area contributed by atoms with E-state index in [1.165, 1.54) is 0 Å². The fourth-order valence-corrected chi connectivity index (χ4v) is 2.77. The zero-order chi connectivity index (χ0) is 17.7. The van der Waals surface area contributed by atoms with E-state index < -0.39 is 11.6 Å². The maximum Gasteiger partial charge on any atom is 0.407 e. The molecule has 2 rings (SSSR count). The average Bonchev–Trinajstić information content (AvgIpc) is 2.47. The quantitative estimate of drug-likeness (QED) is 0.885. The molecule has 1 aromatic rings. The second-order valence-electron chi connectivity index (χ2n) is 7.20. The first-order valence-electron chi connectivity index (χ1n) is 8.27. The van der Waals surface area contributed by atoms with E-state index in [1.807, 2.05) is 26.8 Å². The lowest BCUT2D eigenvalue weighted by molar-refractivity contribution is 0.0477. The first-order valence-corrected chi connectivity index (χ1v) is 8.27. The van der Waals surface area contributed by atoms with Crippen LogP contribution in [-0.4, -0.2) is 46.8 Å². The standard InChI is InChI=1S/C18H26N2O4/c1-18(2,3)24-17(23)19-15-7-9-20(10-8-15)12-13-5-4-6-14(11-13)16(21)22/h4-6,11,15H,7-10,12H2,1-3H3,(H,19,23)(H,21,22). The molecule has 0 bridgehead atoms. The fourth-order valence-electron chi connectivity index (χ4n) is 2.77. The maximum absolute atomic E-state index is 11.8. The molecule has 1 amide bonds. The molecular formula is C18H26N2O4. The third-order valence-corrected chi connectivity index (χ3v) is 3.89. The zero-order valence-corrected chi connectivity index (χ0v) is 14.5. The van der Waals surface area contributed by atoms with Crippen molar-refractivity contribution in [1.82, 2.24) is 10.2 Å². The number of amides is 1. The van der Waals surface area contributed by atoms with Gasteiger partial charge in [0.05, 0.1) is 5.56 Å². The number of carboxylic acids is 1. The molecule has 1 heterocycles. The molecule has 1 fully saturated rings. The molecule has 132 valence electrons. The number of hydrogen-bond acceptors (Lipinski definition) is 4. The first kappa shape index (κ1) is 18.3. The van der Waals surface area contributed by atoms with E-state index in [2.05, 4.69) is 10.2 Å². The summed E-state index contributed by atoms with van der Waals surface area (Å²) < 4.78 is 5.28.